The second-order valence-electron chi connectivity index (χ2n) is 8.59. The highest BCUT2D eigenvalue weighted by Crippen LogP contribution is 2.30. The van der Waals surface area contributed by atoms with E-state index < -0.39 is 6.04 Å². The van der Waals surface area contributed by atoms with Crippen LogP contribution in [0, 0.1) is 0 Å². The molecule has 0 aliphatic carbocycles. The zero-order chi connectivity index (χ0) is 26.2. The van der Waals surface area contributed by atoms with E-state index >= 15 is 0 Å². The molecule has 0 radical (unpaired) electrons. The number of anilines is 2. The van der Waals surface area contributed by atoms with Crippen molar-refractivity contribution >= 4 is 40.4 Å². The van der Waals surface area contributed by atoms with E-state index in [1.807, 2.05) is 60.0 Å². The van der Waals surface area contributed by atoms with E-state index in [-0.39, 0.29) is 24.1 Å². The molecule has 7 nitrogen and oxygen atoms in total. The van der Waals surface area contributed by atoms with Crippen LogP contribution in [0.1, 0.15) is 28.4 Å². The maximum absolute atomic E-state index is 12.9. The molecule has 0 saturated heterocycles. The number of thiophene rings is 1. The molecule has 1 heterocycles. The zero-order valence-corrected chi connectivity index (χ0v) is 21.2. The highest BCUT2D eigenvalue weighted by atomic mass is 32.1. The van der Waals surface area contributed by atoms with Crippen molar-refractivity contribution in [3.63, 3.8) is 0 Å². The average Bonchev–Trinajstić information content (AvgIpc) is 3.44. The lowest BCUT2D eigenvalue weighted by atomic mass is 10.0. The van der Waals surface area contributed by atoms with Gasteiger partial charge in [0.2, 0.25) is 11.8 Å². The van der Waals surface area contributed by atoms with E-state index in [2.05, 4.69) is 16.0 Å². The average molecular weight is 513 g/mol. The van der Waals surface area contributed by atoms with Crippen LogP contribution in [0.25, 0.3) is 10.4 Å². The van der Waals surface area contributed by atoms with E-state index in [4.69, 9.17) is 5.73 Å². The Kier molecular flexibility index (Phi) is 8.33. The summed E-state index contributed by atoms with van der Waals surface area (Å²) >= 11 is 1.61. The van der Waals surface area contributed by atoms with Crippen LogP contribution in [-0.4, -0.2) is 23.8 Å². The molecule has 0 aliphatic rings. The summed E-state index contributed by atoms with van der Waals surface area (Å²) in [5.41, 5.74) is 10.3. The molecule has 0 aliphatic heterocycles. The number of hydrogen-bond donors (Lipinski definition) is 4. The Morgan fingerprint density at radius 3 is 2.32 bits per heavy atom. The van der Waals surface area contributed by atoms with Gasteiger partial charge >= 0.3 is 0 Å². The number of amides is 3. The van der Waals surface area contributed by atoms with Gasteiger partial charge in [-0.2, -0.15) is 0 Å². The van der Waals surface area contributed by atoms with Crippen LogP contribution in [0.5, 0.6) is 0 Å². The van der Waals surface area contributed by atoms with E-state index in [0.29, 0.717) is 23.5 Å². The third-order valence-electron chi connectivity index (χ3n) is 5.77. The van der Waals surface area contributed by atoms with Crippen LogP contribution in [-0.2, 0) is 22.6 Å². The lowest BCUT2D eigenvalue weighted by Crippen LogP contribution is -2.47. The molecular weight excluding hydrogens is 484 g/mol. The first-order valence-electron chi connectivity index (χ1n) is 11.8. The lowest BCUT2D eigenvalue weighted by molar-refractivity contribution is -0.128. The molecule has 3 amide bonds. The van der Waals surface area contributed by atoms with Gasteiger partial charge in [0.15, 0.2) is 0 Å². The van der Waals surface area contributed by atoms with Gasteiger partial charge in [-0.1, -0.05) is 54.6 Å². The summed E-state index contributed by atoms with van der Waals surface area (Å²) in [5.74, 6) is -0.860. The van der Waals surface area contributed by atoms with Crippen molar-refractivity contribution in [2.75, 3.05) is 11.1 Å². The molecule has 5 N–H and O–H groups in total. The third-order valence-corrected chi connectivity index (χ3v) is 6.69. The molecule has 4 aromatic rings. The minimum Gasteiger partial charge on any atom is -0.397 e. The molecule has 0 fully saturated rings. The zero-order valence-electron chi connectivity index (χ0n) is 20.4. The van der Waals surface area contributed by atoms with Crippen LogP contribution in [0.3, 0.4) is 0 Å². The lowest BCUT2D eigenvalue weighted by Gasteiger charge is -2.18. The number of carbonyl (C=O) groups excluding carboxylic acids is 3. The first-order chi connectivity index (χ1) is 17.9. The molecular formula is C29H28N4O3S. The first kappa shape index (κ1) is 25.7. The van der Waals surface area contributed by atoms with Crippen molar-refractivity contribution in [1.82, 2.24) is 10.6 Å². The molecule has 0 saturated carbocycles. The topological polar surface area (TPSA) is 113 Å². The molecule has 3 aromatic carbocycles. The van der Waals surface area contributed by atoms with Crippen LogP contribution >= 0.6 is 11.3 Å². The highest BCUT2D eigenvalue weighted by molar-refractivity contribution is 7.13. The summed E-state index contributed by atoms with van der Waals surface area (Å²) in [4.78, 5) is 38.5. The highest BCUT2D eigenvalue weighted by Gasteiger charge is 2.20. The predicted octanol–water partition coefficient (Wildman–Crippen LogP) is 4.61. The van der Waals surface area contributed by atoms with Gasteiger partial charge in [0.05, 0.1) is 11.4 Å². The van der Waals surface area contributed by atoms with Gasteiger partial charge in [-0.05, 0) is 52.4 Å². The van der Waals surface area contributed by atoms with Crippen molar-refractivity contribution in [3.8, 4) is 10.4 Å². The Labute approximate surface area is 219 Å². The Hall–Kier alpha value is -4.43. The fourth-order valence-electron chi connectivity index (χ4n) is 3.85. The predicted molar refractivity (Wildman–Crippen MR) is 148 cm³/mol. The molecule has 8 heteroatoms. The summed E-state index contributed by atoms with van der Waals surface area (Å²) in [6.45, 7) is 1.75. The molecule has 1 aromatic heterocycles. The van der Waals surface area contributed by atoms with Crippen LogP contribution in [0.15, 0.2) is 90.3 Å². The normalized spacial score (nSPS) is 11.4. The number of carbonyl (C=O) groups is 3. The SMILES string of the molecule is CC(=O)N[C@@H](Cc1ccc(C(=O)Nc2cc(-c3cccs3)ccc2N)cc1)C(=O)NCc1ccccc1. The Morgan fingerprint density at radius 2 is 1.65 bits per heavy atom. The van der Waals surface area contributed by atoms with Crippen molar-refractivity contribution in [3.05, 3.63) is 107 Å². The van der Waals surface area contributed by atoms with E-state index in [9.17, 15) is 14.4 Å². The largest absolute Gasteiger partial charge is 0.397 e. The molecule has 0 bridgehead atoms. The van der Waals surface area contributed by atoms with E-state index in [1.165, 1.54) is 6.92 Å². The molecule has 0 spiro atoms. The number of nitrogens with one attached hydrogen (secondary N) is 3. The van der Waals surface area contributed by atoms with Crippen LogP contribution in [0.2, 0.25) is 0 Å². The fourth-order valence-corrected chi connectivity index (χ4v) is 4.57. The quantitative estimate of drug-likeness (QED) is 0.245. The Bertz CT molecular complexity index is 1370. The molecule has 37 heavy (non-hydrogen) atoms. The van der Waals surface area contributed by atoms with Crippen molar-refractivity contribution < 1.29 is 14.4 Å². The van der Waals surface area contributed by atoms with Gasteiger partial charge in [-0.15, -0.1) is 11.3 Å². The van der Waals surface area contributed by atoms with Crippen LogP contribution < -0.4 is 21.7 Å². The minimum absolute atomic E-state index is 0.276. The first-order valence-corrected chi connectivity index (χ1v) is 12.7. The molecule has 4 rings (SSSR count). The summed E-state index contributed by atoms with van der Waals surface area (Å²) in [7, 11) is 0. The van der Waals surface area contributed by atoms with Gasteiger partial charge in [0.1, 0.15) is 6.04 Å². The summed E-state index contributed by atoms with van der Waals surface area (Å²) < 4.78 is 0. The maximum Gasteiger partial charge on any atom is 0.255 e. The van der Waals surface area contributed by atoms with Gasteiger partial charge in [0, 0.05) is 30.3 Å². The van der Waals surface area contributed by atoms with Crippen molar-refractivity contribution in [2.24, 2.45) is 0 Å². The van der Waals surface area contributed by atoms with Gasteiger partial charge in [0.25, 0.3) is 5.91 Å². The van der Waals surface area contributed by atoms with E-state index in [1.54, 1.807) is 41.7 Å². The number of nitrogen functional groups attached to an aromatic ring is 1. The smallest absolute Gasteiger partial charge is 0.255 e. The monoisotopic (exact) mass is 512 g/mol. The number of rotatable bonds is 9. The standard InChI is InChI=1S/C29H28N4O3S/c1-19(34)32-26(29(36)31-18-21-6-3-2-4-7-21)16-20-9-11-22(12-10-20)28(35)33-25-17-23(13-14-24(25)30)27-8-5-15-37-27/h2-15,17,26H,16,18,30H2,1H3,(H,31,36)(H,32,34)(H,33,35)/t26-/m0/s1. The summed E-state index contributed by atoms with van der Waals surface area (Å²) in [5, 5.41) is 10.5. The number of benzene rings is 3. The minimum atomic E-state index is -0.735. The second-order valence-corrected chi connectivity index (χ2v) is 9.54. The van der Waals surface area contributed by atoms with Gasteiger partial charge < -0.3 is 21.7 Å². The fraction of sp³-hybridized carbons (Fsp3) is 0.138. The van der Waals surface area contributed by atoms with Crippen molar-refractivity contribution in [1.29, 1.82) is 0 Å². The summed E-state index contributed by atoms with van der Waals surface area (Å²) in [6, 6.07) is 25.3. The molecule has 1 atom stereocenters. The number of nitrogens with two attached hydrogens (primary N) is 1. The second kappa shape index (κ2) is 12.0. The maximum atomic E-state index is 12.9. The van der Waals surface area contributed by atoms with Crippen molar-refractivity contribution in [2.45, 2.75) is 25.9 Å². The Balaban J connectivity index is 1.40. The molecule has 0 unspecified atom stereocenters. The summed E-state index contributed by atoms with van der Waals surface area (Å²) in [6.07, 6.45) is 0.290. The van der Waals surface area contributed by atoms with Gasteiger partial charge in [-0.25, -0.2) is 0 Å². The Morgan fingerprint density at radius 1 is 0.892 bits per heavy atom. The molecule has 188 valence electrons. The van der Waals surface area contributed by atoms with Crippen LogP contribution in [0.4, 0.5) is 11.4 Å². The number of hydrogen-bond acceptors (Lipinski definition) is 5. The third kappa shape index (κ3) is 7.05. The van der Waals surface area contributed by atoms with E-state index in [0.717, 1.165) is 21.6 Å². The van der Waals surface area contributed by atoms with Gasteiger partial charge in [-0.3, -0.25) is 14.4 Å².